The van der Waals surface area contributed by atoms with Crippen LogP contribution in [0, 0.1) is 0 Å². The maximum atomic E-state index is 9.81. The van der Waals surface area contributed by atoms with Gasteiger partial charge in [-0.3, -0.25) is 0 Å². The van der Waals surface area contributed by atoms with E-state index >= 15 is 0 Å². The second-order valence-corrected chi connectivity index (χ2v) is 4.40. The van der Waals surface area contributed by atoms with Crippen molar-refractivity contribution in [2.24, 2.45) is 0 Å². The molecule has 2 aromatic carbocycles. The van der Waals surface area contributed by atoms with Gasteiger partial charge in [-0.15, -0.1) is 12.4 Å². The number of hydrogen-bond acceptors (Lipinski definition) is 5. The number of ether oxygens (including phenoxy) is 1. The van der Waals surface area contributed by atoms with Crippen molar-refractivity contribution in [2.45, 2.75) is 0 Å². The first-order valence-electron chi connectivity index (χ1n) is 6.41. The van der Waals surface area contributed by atoms with Crippen LogP contribution in [0.5, 0.6) is 11.5 Å². The third-order valence-corrected chi connectivity index (χ3v) is 3.00. The third-order valence-electron chi connectivity index (χ3n) is 3.00. The lowest BCUT2D eigenvalue weighted by molar-refractivity contribution is 0.415. The topological polar surface area (TPSA) is 67.5 Å². The number of nitrogens with one attached hydrogen (secondary N) is 1. The Kier molecular flexibility index (Phi) is 4.91. The molecule has 6 heteroatoms. The van der Waals surface area contributed by atoms with Crippen LogP contribution in [-0.2, 0) is 0 Å². The fraction of sp³-hybridized carbons (Fsp3) is 0.0625. The van der Waals surface area contributed by atoms with E-state index in [-0.39, 0.29) is 18.2 Å². The number of aromatic nitrogens is 1. The van der Waals surface area contributed by atoms with Crippen molar-refractivity contribution < 1.29 is 14.3 Å². The Bertz CT molecular complexity index is 758. The number of anilines is 2. The zero-order chi connectivity index (χ0) is 14.7. The Morgan fingerprint density at radius 3 is 2.73 bits per heavy atom. The zero-order valence-electron chi connectivity index (χ0n) is 11.8. The highest BCUT2D eigenvalue weighted by Gasteiger charge is 2.10. The molecule has 3 aromatic rings. The average Bonchev–Trinajstić information content (AvgIpc) is 2.96. The van der Waals surface area contributed by atoms with Crippen LogP contribution in [0.4, 0.5) is 11.7 Å². The number of hydrogen-bond donors (Lipinski definition) is 2. The van der Waals surface area contributed by atoms with Gasteiger partial charge in [-0.2, -0.15) is 0 Å². The molecule has 1 aromatic heterocycles. The van der Waals surface area contributed by atoms with Crippen molar-refractivity contribution >= 4 is 24.1 Å². The highest BCUT2D eigenvalue weighted by Crippen LogP contribution is 2.31. The van der Waals surface area contributed by atoms with Crippen molar-refractivity contribution in [1.29, 1.82) is 0 Å². The Hall–Kier alpha value is -2.66. The first kappa shape index (κ1) is 15.7. The molecule has 0 saturated heterocycles. The molecule has 0 spiro atoms. The number of halogens is 1. The van der Waals surface area contributed by atoms with E-state index in [1.807, 2.05) is 30.3 Å². The van der Waals surface area contributed by atoms with Crippen molar-refractivity contribution in [3.05, 3.63) is 54.7 Å². The van der Waals surface area contributed by atoms with Gasteiger partial charge in [0.2, 0.25) is 0 Å². The molecule has 0 radical (unpaired) electrons. The van der Waals surface area contributed by atoms with E-state index in [9.17, 15) is 5.11 Å². The first-order valence-corrected chi connectivity index (χ1v) is 6.41. The summed E-state index contributed by atoms with van der Waals surface area (Å²) >= 11 is 0. The summed E-state index contributed by atoms with van der Waals surface area (Å²) in [7, 11) is 1.61. The van der Waals surface area contributed by atoms with Crippen LogP contribution in [0.15, 0.2) is 59.1 Å². The maximum Gasteiger partial charge on any atom is 0.299 e. The molecule has 1 heterocycles. The van der Waals surface area contributed by atoms with Crippen LogP contribution in [0.25, 0.3) is 11.3 Å². The van der Waals surface area contributed by atoms with Crippen LogP contribution >= 0.6 is 12.4 Å². The number of aromatic hydroxyl groups is 1. The van der Waals surface area contributed by atoms with Gasteiger partial charge in [0.25, 0.3) is 6.01 Å². The molecular formula is C16H15ClN2O3. The molecule has 0 fully saturated rings. The summed E-state index contributed by atoms with van der Waals surface area (Å²) in [6.45, 7) is 0. The predicted octanol–water partition coefficient (Wildman–Crippen LogP) is 4.22. The van der Waals surface area contributed by atoms with E-state index in [4.69, 9.17) is 9.15 Å². The highest BCUT2D eigenvalue weighted by molar-refractivity contribution is 5.85. The molecule has 0 aliphatic rings. The minimum atomic E-state index is 0. The molecule has 0 amide bonds. The van der Waals surface area contributed by atoms with E-state index in [0.29, 0.717) is 17.3 Å². The summed E-state index contributed by atoms with van der Waals surface area (Å²) < 4.78 is 10.8. The predicted molar refractivity (Wildman–Crippen MR) is 87.1 cm³/mol. The van der Waals surface area contributed by atoms with Gasteiger partial charge < -0.3 is 19.6 Å². The lowest BCUT2D eigenvalue weighted by atomic mass is 10.2. The second-order valence-electron chi connectivity index (χ2n) is 4.40. The van der Waals surface area contributed by atoms with E-state index in [1.54, 1.807) is 31.5 Å². The number of benzene rings is 2. The molecule has 114 valence electrons. The van der Waals surface area contributed by atoms with Gasteiger partial charge in [-0.05, 0) is 24.3 Å². The van der Waals surface area contributed by atoms with E-state index in [0.717, 1.165) is 11.4 Å². The van der Waals surface area contributed by atoms with Gasteiger partial charge in [0, 0.05) is 11.8 Å². The molecular weight excluding hydrogens is 304 g/mol. The monoisotopic (exact) mass is 318 g/mol. The van der Waals surface area contributed by atoms with E-state index in [1.165, 1.54) is 0 Å². The largest absolute Gasteiger partial charge is 0.507 e. The molecule has 0 bridgehead atoms. The SMILES string of the molecule is COc1cccc(Nc2ncc(-c3ccccc3O)o2)c1.Cl. The van der Waals surface area contributed by atoms with Gasteiger partial charge in [-0.25, -0.2) is 4.98 Å². The minimum absolute atomic E-state index is 0. The number of para-hydroxylation sites is 1. The molecule has 0 aliphatic carbocycles. The Balaban J connectivity index is 0.00000176. The second kappa shape index (κ2) is 6.87. The maximum absolute atomic E-state index is 9.81. The Labute approximate surface area is 134 Å². The lowest BCUT2D eigenvalue weighted by Gasteiger charge is -2.04. The summed E-state index contributed by atoms with van der Waals surface area (Å²) in [6, 6.07) is 14.7. The van der Waals surface area contributed by atoms with Crippen molar-refractivity contribution in [3.63, 3.8) is 0 Å². The quantitative estimate of drug-likeness (QED) is 0.753. The van der Waals surface area contributed by atoms with E-state index in [2.05, 4.69) is 10.3 Å². The van der Waals surface area contributed by atoms with Crippen LogP contribution < -0.4 is 10.1 Å². The van der Waals surface area contributed by atoms with E-state index < -0.39 is 0 Å². The average molecular weight is 319 g/mol. The molecule has 5 nitrogen and oxygen atoms in total. The molecule has 0 unspecified atom stereocenters. The summed E-state index contributed by atoms with van der Waals surface area (Å²) in [5.74, 6) is 1.40. The molecule has 0 saturated carbocycles. The summed E-state index contributed by atoms with van der Waals surface area (Å²) in [5.41, 5.74) is 1.41. The van der Waals surface area contributed by atoms with Gasteiger partial charge in [-0.1, -0.05) is 18.2 Å². The third kappa shape index (κ3) is 3.32. The number of phenolic OH excluding ortho intramolecular Hbond substituents is 1. The zero-order valence-corrected chi connectivity index (χ0v) is 12.6. The summed E-state index contributed by atoms with van der Waals surface area (Å²) in [5, 5.41) is 12.9. The van der Waals surface area contributed by atoms with Gasteiger partial charge in [0.15, 0.2) is 5.76 Å². The molecule has 0 aliphatic heterocycles. The van der Waals surface area contributed by atoms with Crippen molar-refractivity contribution in [3.8, 4) is 22.8 Å². The Morgan fingerprint density at radius 2 is 1.95 bits per heavy atom. The fourth-order valence-electron chi connectivity index (χ4n) is 1.96. The highest BCUT2D eigenvalue weighted by atomic mass is 35.5. The summed E-state index contributed by atoms with van der Waals surface area (Å²) in [6.07, 6.45) is 1.57. The normalized spacial score (nSPS) is 9.86. The number of rotatable bonds is 4. The Morgan fingerprint density at radius 1 is 1.14 bits per heavy atom. The fourth-order valence-corrected chi connectivity index (χ4v) is 1.96. The summed E-state index contributed by atoms with van der Waals surface area (Å²) in [4.78, 5) is 4.15. The van der Waals surface area contributed by atoms with Crippen LogP contribution in [0.1, 0.15) is 0 Å². The van der Waals surface area contributed by atoms with Crippen LogP contribution in [-0.4, -0.2) is 17.2 Å². The lowest BCUT2D eigenvalue weighted by Crippen LogP contribution is -1.90. The molecule has 22 heavy (non-hydrogen) atoms. The molecule has 3 rings (SSSR count). The van der Waals surface area contributed by atoms with Crippen molar-refractivity contribution in [1.82, 2.24) is 4.98 Å². The van der Waals surface area contributed by atoms with Crippen molar-refractivity contribution in [2.75, 3.05) is 12.4 Å². The smallest absolute Gasteiger partial charge is 0.299 e. The van der Waals surface area contributed by atoms with Gasteiger partial charge in [0.05, 0.1) is 18.9 Å². The molecule has 2 N–H and O–H groups in total. The standard InChI is InChI=1S/C16H14N2O3.ClH/c1-20-12-6-4-5-11(9-12)18-16-17-10-15(21-16)13-7-2-3-8-14(13)19;/h2-10,19H,1H3,(H,17,18);1H. The van der Waals surface area contributed by atoms with Crippen LogP contribution in [0.3, 0.4) is 0 Å². The number of nitrogens with zero attached hydrogens (tertiary/aromatic N) is 1. The van der Waals surface area contributed by atoms with Crippen LogP contribution in [0.2, 0.25) is 0 Å². The number of phenols is 1. The van der Waals surface area contributed by atoms with Gasteiger partial charge in [0.1, 0.15) is 11.5 Å². The molecule has 0 atom stereocenters. The number of methoxy groups -OCH3 is 1. The van der Waals surface area contributed by atoms with Gasteiger partial charge >= 0.3 is 0 Å². The minimum Gasteiger partial charge on any atom is -0.507 e. The number of oxazole rings is 1. The first-order chi connectivity index (χ1) is 10.3.